The Hall–Kier alpha value is -1.30. The molecule has 3 nitrogen and oxygen atoms in total. The number of pyridine rings is 1. The Bertz CT molecular complexity index is 671. The third-order valence-corrected chi connectivity index (χ3v) is 4.66. The van der Waals surface area contributed by atoms with Crippen molar-refractivity contribution in [1.82, 2.24) is 9.97 Å². The molecule has 0 aliphatic rings. The summed E-state index contributed by atoms with van der Waals surface area (Å²) in [4.78, 5) is 8.87. The van der Waals surface area contributed by atoms with Gasteiger partial charge in [-0.3, -0.25) is 4.98 Å². The second-order valence-electron chi connectivity index (χ2n) is 4.27. The van der Waals surface area contributed by atoms with Gasteiger partial charge < -0.3 is 5.73 Å². The minimum atomic E-state index is -0.0328. The fourth-order valence-electron chi connectivity index (χ4n) is 1.87. The van der Waals surface area contributed by atoms with Crippen LogP contribution in [0.2, 0.25) is 0 Å². The van der Waals surface area contributed by atoms with E-state index in [-0.39, 0.29) is 6.04 Å². The summed E-state index contributed by atoms with van der Waals surface area (Å²) in [5.74, 6) is 0. The van der Waals surface area contributed by atoms with E-state index in [1.807, 2.05) is 19.2 Å². The van der Waals surface area contributed by atoms with E-state index in [0.717, 1.165) is 28.2 Å². The lowest BCUT2D eigenvalue weighted by Gasteiger charge is -2.09. The lowest BCUT2D eigenvalue weighted by atomic mass is 10.1. The van der Waals surface area contributed by atoms with Crippen LogP contribution in [-0.2, 0) is 6.42 Å². The van der Waals surface area contributed by atoms with Gasteiger partial charge in [0.2, 0.25) is 0 Å². The van der Waals surface area contributed by atoms with Gasteiger partial charge in [0.25, 0.3) is 0 Å². The largest absolute Gasteiger partial charge is 0.324 e. The first kappa shape index (κ1) is 11.8. The van der Waals surface area contributed by atoms with Gasteiger partial charge in [-0.1, -0.05) is 0 Å². The van der Waals surface area contributed by atoms with Crippen LogP contribution in [0.1, 0.15) is 22.3 Å². The molecule has 0 saturated carbocycles. The summed E-state index contributed by atoms with van der Waals surface area (Å²) in [6.07, 6.45) is 2.65. The average Bonchev–Trinajstić information content (AvgIpc) is 2.96. The molecule has 0 amide bonds. The Kier molecular flexibility index (Phi) is 3.11. The number of thiophene rings is 1. The molecule has 3 heterocycles. The van der Waals surface area contributed by atoms with Gasteiger partial charge in [0, 0.05) is 29.7 Å². The van der Waals surface area contributed by atoms with Gasteiger partial charge in [0.05, 0.1) is 15.2 Å². The lowest BCUT2D eigenvalue weighted by molar-refractivity contribution is 0.715. The van der Waals surface area contributed by atoms with Crippen LogP contribution in [0.4, 0.5) is 0 Å². The Labute approximate surface area is 113 Å². The molecule has 3 aromatic rings. The summed E-state index contributed by atoms with van der Waals surface area (Å²) >= 11 is 3.37. The minimum Gasteiger partial charge on any atom is -0.324 e. The van der Waals surface area contributed by atoms with Crippen LogP contribution in [0.15, 0.2) is 29.1 Å². The van der Waals surface area contributed by atoms with E-state index in [1.165, 1.54) is 4.70 Å². The maximum Gasteiger partial charge on any atom is 0.0947 e. The van der Waals surface area contributed by atoms with Crippen LogP contribution >= 0.6 is 22.7 Å². The molecule has 18 heavy (non-hydrogen) atoms. The van der Waals surface area contributed by atoms with E-state index in [1.54, 1.807) is 22.7 Å². The van der Waals surface area contributed by atoms with Gasteiger partial charge >= 0.3 is 0 Å². The zero-order chi connectivity index (χ0) is 12.5. The molecule has 92 valence electrons. The highest BCUT2D eigenvalue weighted by atomic mass is 32.1. The Morgan fingerprint density at radius 3 is 3.06 bits per heavy atom. The zero-order valence-electron chi connectivity index (χ0n) is 9.96. The fraction of sp³-hybridized carbons (Fsp3) is 0.231. The monoisotopic (exact) mass is 275 g/mol. The SMILES string of the molecule is Cc1csc(CC(N)c2cnc3ccsc3c2)n1. The van der Waals surface area contributed by atoms with Crippen LogP contribution in [0.5, 0.6) is 0 Å². The number of rotatable bonds is 3. The molecule has 0 aliphatic carbocycles. The van der Waals surface area contributed by atoms with Gasteiger partial charge in [-0.2, -0.15) is 0 Å². The summed E-state index contributed by atoms with van der Waals surface area (Å²) in [7, 11) is 0. The second kappa shape index (κ2) is 4.76. The molecule has 1 unspecified atom stereocenters. The van der Waals surface area contributed by atoms with E-state index < -0.39 is 0 Å². The van der Waals surface area contributed by atoms with Crippen LogP contribution < -0.4 is 5.73 Å². The maximum atomic E-state index is 6.23. The summed E-state index contributed by atoms with van der Waals surface area (Å²) in [5, 5.41) is 5.20. The molecule has 1 atom stereocenters. The molecule has 0 aliphatic heterocycles. The van der Waals surface area contributed by atoms with Crippen molar-refractivity contribution in [3.8, 4) is 0 Å². The van der Waals surface area contributed by atoms with Crippen LogP contribution in [0, 0.1) is 6.92 Å². The third kappa shape index (κ3) is 2.29. The molecule has 0 saturated heterocycles. The number of hydrogen-bond donors (Lipinski definition) is 1. The van der Waals surface area contributed by atoms with E-state index in [2.05, 4.69) is 26.8 Å². The Morgan fingerprint density at radius 2 is 2.28 bits per heavy atom. The average molecular weight is 275 g/mol. The van der Waals surface area contributed by atoms with E-state index in [4.69, 9.17) is 5.73 Å². The number of hydrogen-bond acceptors (Lipinski definition) is 5. The van der Waals surface area contributed by atoms with Crippen molar-refractivity contribution in [1.29, 1.82) is 0 Å². The lowest BCUT2D eigenvalue weighted by Crippen LogP contribution is -2.13. The number of aromatic nitrogens is 2. The molecule has 0 spiro atoms. The molecule has 0 radical (unpaired) electrons. The van der Waals surface area contributed by atoms with Crippen LogP contribution in [0.25, 0.3) is 10.2 Å². The molecule has 3 aromatic heterocycles. The van der Waals surface area contributed by atoms with Crippen molar-refractivity contribution >= 4 is 32.9 Å². The Morgan fingerprint density at radius 1 is 1.39 bits per heavy atom. The number of fused-ring (bicyclic) bond motifs is 1. The number of nitrogens with two attached hydrogens (primary N) is 1. The highest BCUT2D eigenvalue weighted by Crippen LogP contribution is 2.24. The van der Waals surface area contributed by atoms with Gasteiger partial charge in [-0.25, -0.2) is 4.98 Å². The number of nitrogens with zero attached hydrogens (tertiary/aromatic N) is 2. The topological polar surface area (TPSA) is 51.8 Å². The molecule has 0 fully saturated rings. The van der Waals surface area contributed by atoms with Gasteiger partial charge in [0.1, 0.15) is 0 Å². The molecular formula is C13H13N3S2. The normalized spacial score (nSPS) is 13.0. The van der Waals surface area contributed by atoms with Crippen LogP contribution in [-0.4, -0.2) is 9.97 Å². The van der Waals surface area contributed by atoms with E-state index in [9.17, 15) is 0 Å². The standard InChI is InChI=1S/C13H13N3S2/c1-8-7-18-13(16-8)5-10(14)9-4-12-11(15-6-9)2-3-17-12/h2-4,6-7,10H,5,14H2,1H3. The predicted molar refractivity (Wildman–Crippen MR) is 77.1 cm³/mol. The molecule has 5 heteroatoms. The maximum absolute atomic E-state index is 6.23. The first-order valence-electron chi connectivity index (χ1n) is 5.72. The van der Waals surface area contributed by atoms with Crippen molar-refractivity contribution < 1.29 is 0 Å². The highest BCUT2D eigenvalue weighted by Gasteiger charge is 2.11. The minimum absolute atomic E-state index is 0.0328. The zero-order valence-corrected chi connectivity index (χ0v) is 11.6. The van der Waals surface area contributed by atoms with Gasteiger partial charge in [-0.15, -0.1) is 22.7 Å². The summed E-state index contributed by atoms with van der Waals surface area (Å²) < 4.78 is 1.19. The number of aryl methyl sites for hydroxylation is 1. The van der Waals surface area contributed by atoms with E-state index in [0.29, 0.717) is 0 Å². The molecule has 2 N–H and O–H groups in total. The van der Waals surface area contributed by atoms with Crippen molar-refractivity contribution in [2.24, 2.45) is 5.73 Å². The first-order chi connectivity index (χ1) is 8.72. The fourth-order valence-corrected chi connectivity index (χ4v) is 3.49. The highest BCUT2D eigenvalue weighted by molar-refractivity contribution is 7.17. The van der Waals surface area contributed by atoms with E-state index >= 15 is 0 Å². The van der Waals surface area contributed by atoms with Gasteiger partial charge in [-0.05, 0) is 30.0 Å². The molecular weight excluding hydrogens is 262 g/mol. The first-order valence-corrected chi connectivity index (χ1v) is 7.48. The third-order valence-electron chi connectivity index (χ3n) is 2.81. The summed E-state index contributed by atoms with van der Waals surface area (Å²) in [5.41, 5.74) is 9.42. The number of thiazole rings is 1. The second-order valence-corrected chi connectivity index (χ2v) is 6.16. The van der Waals surface area contributed by atoms with Crippen molar-refractivity contribution in [3.05, 3.63) is 45.4 Å². The van der Waals surface area contributed by atoms with Crippen LogP contribution in [0.3, 0.4) is 0 Å². The summed E-state index contributed by atoms with van der Waals surface area (Å²) in [6, 6.07) is 4.13. The molecule has 0 bridgehead atoms. The molecule has 0 aromatic carbocycles. The van der Waals surface area contributed by atoms with Crippen molar-refractivity contribution in [3.63, 3.8) is 0 Å². The molecule has 3 rings (SSSR count). The van der Waals surface area contributed by atoms with Crippen molar-refractivity contribution in [2.75, 3.05) is 0 Å². The Balaban J connectivity index is 1.84. The quantitative estimate of drug-likeness (QED) is 0.798. The smallest absolute Gasteiger partial charge is 0.0947 e. The predicted octanol–water partition coefficient (Wildman–Crippen LogP) is 3.30. The van der Waals surface area contributed by atoms with Gasteiger partial charge in [0.15, 0.2) is 0 Å². The van der Waals surface area contributed by atoms with Crippen molar-refractivity contribution in [2.45, 2.75) is 19.4 Å². The summed E-state index contributed by atoms with van der Waals surface area (Å²) in [6.45, 7) is 2.00.